The average Bonchev–Trinajstić information content (AvgIpc) is 2.64. The van der Waals surface area contributed by atoms with Gasteiger partial charge in [0.25, 0.3) is 0 Å². The zero-order valence-electron chi connectivity index (χ0n) is 9.36. The molecule has 0 bridgehead atoms. The molecule has 3 rings (SSSR count). The summed E-state index contributed by atoms with van der Waals surface area (Å²) in [6.07, 6.45) is 0.891. The first kappa shape index (κ1) is 11.6. The van der Waals surface area contributed by atoms with Gasteiger partial charge in [-0.1, -0.05) is 23.2 Å². The van der Waals surface area contributed by atoms with Gasteiger partial charge in [0.05, 0.1) is 6.54 Å². The lowest BCUT2D eigenvalue weighted by Gasteiger charge is -2.01. The van der Waals surface area contributed by atoms with Crippen LogP contribution in [0.4, 0.5) is 0 Å². The number of benzene rings is 2. The van der Waals surface area contributed by atoms with Crippen molar-refractivity contribution in [2.75, 3.05) is 0 Å². The summed E-state index contributed by atoms with van der Waals surface area (Å²) >= 11 is 12.1. The van der Waals surface area contributed by atoms with Crippen molar-refractivity contribution in [2.45, 2.75) is 6.54 Å². The Morgan fingerprint density at radius 2 is 1.44 bits per heavy atom. The van der Waals surface area contributed by atoms with Crippen molar-refractivity contribution in [3.8, 4) is 0 Å². The molecule has 18 heavy (non-hydrogen) atoms. The third-order valence-electron chi connectivity index (χ3n) is 3.05. The normalized spacial score (nSPS) is 11.2. The molecule has 0 aliphatic carbocycles. The molecule has 2 aromatic carbocycles. The second-order valence-electron chi connectivity index (χ2n) is 4.10. The SMILES string of the molecule is O=CCn1c2ccc(Cl)cc2c2cc(Cl)ccc21. The highest BCUT2D eigenvalue weighted by Crippen LogP contribution is 2.32. The Labute approximate surface area is 114 Å². The van der Waals surface area contributed by atoms with E-state index in [1.165, 1.54) is 0 Å². The minimum atomic E-state index is 0.323. The fourth-order valence-corrected chi connectivity index (χ4v) is 2.66. The number of aldehydes is 1. The van der Waals surface area contributed by atoms with Crippen molar-refractivity contribution in [2.24, 2.45) is 0 Å². The number of carbonyl (C=O) groups excluding carboxylic acids is 1. The molecule has 90 valence electrons. The zero-order chi connectivity index (χ0) is 12.7. The number of hydrogen-bond donors (Lipinski definition) is 0. The molecule has 0 amide bonds. The third kappa shape index (κ3) is 1.69. The Morgan fingerprint density at radius 1 is 0.944 bits per heavy atom. The predicted molar refractivity (Wildman–Crippen MR) is 75.5 cm³/mol. The summed E-state index contributed by atoms with van der Waals surface area (Å²) in [5.74, 6) is 0. The van der Waals surface area contributed by atoms with Crippen LogP contribution in [0.2, 0.25) is 10.0 Å². The summed E-state index contributed by atoms with van der Waals surface area (Å²) < 4.78 is 1.96. The highest BCUT2D eigenvalue weighted by molar-refractivity contribution is 6.33. The van der Waals surface area contributed by atoms with Crippen molar-refractivity contribution in [3.63, 3.8) is 0 Å². The van der Waals surface area contributed by atoms with Gasteiger partial charge in [0.1, 0.15) is 6.29 Å². The second-order valence-corrected chi connectivity index (χ2v) is 4.97. The van der Waals surface area contributed by atoms with Crippen LogP contribution in [0, 0.1) is 0 Å². The summed E-state index contributed by atoms with van der Waals surface area (Å²) in [7, 11) is 0. The molecule has 0 spiro atoms. The number of fused-ring (bicyclic) bond motifs is 3. The molecule has 3 aromatic rings. The van der Waals surface area contributed by atoms with Crippen LogP contribution in [-0.4, -0.2) is 10.9 Å². The van der Waals surface area contributed by atoms with E-state index < -0.39 is 0 Å². The van der Waals surface area contributed by atoms with Gasteiger partial charge in [0.15, 0.2) is 0 Å². The first-order chi connectivity index (χ1) is 8.70. The Kier molecular flexibility index (Phi) is 2.77. The van der Waals surface area contributed by atoms with Gasteiger partial charge >= 0.3 is 0 Å². The van der Waals surface area contributed by atoms with Gasteiger partial charge in [0.2, 0.25) is 0 Å². The van der Waals surface area contributed by atoms with Gasteiger partial charge in [-0.3, -0.25) is 0 Å². The Hall–Kier alpha value is -1.51. The molecule has 0 saturated carbocycles. The van der Waals surface area contributed by atoms with Gasteiger partial charge in [-0.05, 0) is 36.4 Å². The van der Waals surface area contributed by atoms with Crippen LogP contribution in [-0.2, 0) is 11.3 Å². The average molecular weight is 278 g/mol. The summed E-state index contributed by atoms with van der Waals surface area (Å²) in [5.41, 5.74) is 1.98. The van der Waals surface area contributed by atoms with Gasteiger partial charge in [-0.25, -0.2) is 0 Å². The smallest absolute Gasteiger partial charge is 0.139 e. The summed E-state index contributed by atoms with van der Waals surface area (Å²) in [5, 5.41) is 3.38. The topological polar surface area (TPSA) is 22.0 Å². The fraction of sp³-hybridized carbons (Fsp3) is 0.0714. The number of rotatable bonds is 2. The maximum absolute atomic E-state index is 10.8. The van der Waals surface area contributed by atoms with Crippen molar-refractivity contribution < 1.29 is 4.79 Å². The molecule has 0 fully saturated rings. The summed E-state index contributed by atoms with van der Waals surface area (Å²) in [4.78, 5) is 10.8. The predicted octanol–water partition coefficient (Wildman–Crippen LogP) is 4.30. The number of carbonyl (C=O) groups is 1. The molecule has 0 radical (unpaired) electrons. The molecule has 0 saturated heterocycles. The van der Waals surface area contributed by atoms with Crippen LogP contribution in [0.5, 0.6) is 0 Å². The van der Waals surface area contributed by atoms with Crippen molar-refractivity contribution >= 4 is 51.3 Å². The Balaban J connectivity index is 2.52. The van der Waals surface area contributed by atoms with E-state index in [9.17, 15) is 4.79 Å². The quantitative estimate of drug-likeness (QED) is 0.640. The van der Waals surface area contributed by atoms with Crippen molar-refractivity contribution in [1.29, 1.82) is 0 Å². The second kappa shape index (κ2) is 4.30. The fourth-order valence-electron chi connectivity index (χ4n) is 2.32. The molecule has 1 aromatic heterocycles. The minimum absolute atomic E-state index is 0.323. The van der Waals surface area contributed by atoms with Gasteiger partial charge in [0, 0.05) is 31.9 Å². The van der Waals surface area contributed by atoms with E-state index in [1.807, 2.05) is 41.0 Å². The van der Waals surface area contributed by atoms with Crippen LogP contribution in [0.1, 0.15) is 0 Å². The highest BCUT2D eigenvalue weighted by Gasteiger charge is 2.10. The van der Waals surface area contributed by atoms with Crippen LogP contribution >= 0.6 is 23.2 Å². The molecule has 0 N–H and O–H groups in total. The van der Waals surface area contributed by atoms with Crippen LogP contribution in [0.15, 0.2) is 36.4 Å². The Bertz CT molecular complexity index is 702. The maximum Gasteiger partial charge on any atom is 0.139 e. The standard InChI is InChI=1S/C14H9Cl2NO/c15-9-1-3-13-11(7-9)12-8-10(16)2-4-14(12)17(13)5-6-18/h1-4,6-8H,5H2. The number of halogens is 2. The molecular formula is C14H9Cl2NO. The first-order valence-corrected chi connectivity index (χ1v) is 6.27. The lowest BCUT2D eigenvalue weighted by atomic mass is 10.1. The van der Waals surface area contributed by atoms with Crippen LogP contribution in [0.3, 0.4) is 0 Å². The van der Waals surface area contributed by atoms with Gasteiger partial charge in [-0.2, -0.15) is 0 Å². The zero-order valence-corrected chi connectivity index (χ0v) is 10.9. The molecule has 1 heterocycles. The van der Waals surface area contributed by atoms with E-state index >= 15 is 0 Å². The summed E-state index contributed by atoms with van der Waals surface area (Å²) in [6.45, 7) is 0.323. The molecule has 0 unspecified atom stereocenters. The van der Waals surface area contributed by atoms with E-state index in [-0.39, 0.29) is 0 Å². The number of nitrogens with zero attached hydrogens (tertiary/aromatic N) is 1. The number of hydrogen-bond acceptors (Lipinski definition) is 1. The van der Waals surface area contributed by atoms with E-state index in [0.29, 0.717) is 16.6 Å². The Morgan fingerprint density at radius 3 is 1.89 bits per heavy atom. The van der Waals surface area contributed by atoms with Crippen molar-refractivity contribution in [1.82, 2.24) is 4.57 Å². The molecule has 0 aliphatic rings. The summed E-state index contributed by atoms with van der Waals surface area (Å²) in [6, 6.07) is 11.3. The first-order valence-electron chi connectivity index (χ1n) is 5.51. The lowest BCUT2D eigenvalue weighted by molar-refractivity contribution is -0.108. The van der Waals surface area contributed by atoms with Crippen LogP contribution < -0.4 is 0 Å². The van der Waals surface area contributed by atoms with E-state index in [1.54, 1.807) is 0 Å². The number of aromatic nitrogens is 1. The maximum atomic E-state index is 10.8. The largest absolute Gasteiger partial charge is 0.333 e. The minimum Gasteiger partial charge on any atom is -0.333 e. The molecule has 0 aliphatic heterocycles. The molecule has 0 atom stereocenters. The highest BCUT2D eigenvalue weighted by atomic mass is 35.5. The van der Waals surface area contributed by atoms with Gasteiger partial charge < -0.3 is 9.36 Å². The molecular weight excluding hydrogens is 269 g/mol. The third-order valence-corrected chi connectivity index (χ3v) is 3.52. The van der Waals surface area contributed by atoms with E-state index in [4.69, 9.17) is 23.2 Å². The van der Waals surface area contributed by atoms with E-state index in [2.05, 4.69) is 0 Å². The molecule has 4 heteroatoms. The monoisotopic (exact) mass is 277 g/mol. The van der Waals surface area contributed by atoms with Crippen LogP contribution in [0.25, 0.3) is 21.8 Å². The van der Waals surface area contributed by atoms with Crippen molar-refractivity contribution in [3.05, 3.63) is 46.4 Å². The van der Waals surface area contributed by atoms with E-state index in [0.717, 1.165) is 28.1 Å². The molecule has 2 nitrogen and oxygen atoms in total. The lowest BCUT2D eigenvalue weighted by Crippen LogP contribution is -1.97. The van der Waals surface area contributed by atoms with Gasteiger partial charge in [-0.15, -0.1) is 0 Å².